The minimum absolute atomic E-state index is 0.0171. The molecule has 0 unspecified atom stereocenters. The molecular formula is C16H11F5N4O. The fourth-order valence-corrected chi connectivity index (χ4v) is 3.16. The molecule has 3 heterocycles. The molecular weight excluding hydrogens is 359 g/mol. The van der Waals surface area contributed by atoms with Crippen LogP contribution in [0.1, 0.15) is 27.4 Å². The summed E-state index contributed by atoms with van der Waals surface area (Å²) in [6.07, 6.45) is -4.34. The van der Waals surface area contributed by atoms with Crippen molar-refractivity contribution in [2.45, 2.75) is 19.1 Å². The number of H-pyrrole nitrogens is 2. The quantitative estimate of drug-likeness (QED) is 0.645. The fraction of sp³-hybridized carbons (Fsp3) is 0.250. The van der Waals surface area contributed by atoms with Crippen LogP contribution in [0.3, 0.4) is 0 Å². The molecule has 0 fully saturated rings. The van der Waals surface area contributed by atoms with E-state index < -0.39 is 29.4 Å². The number of nitrogens with zero attached hydrogens (tertiary/aromatic N) is 2. The molecule has 5 nitrogen and oxygen atoms in total. The lowest BCUT2D eigenvalue weighted by molar-refractivity contribution is -0.141. The van der Waals surface area contributed by atoms with Gasteiger partial charge in [0.25, 0.3) is 5.91 Å². The van der Waals surface area contributed by atoms with E-state index in [4.69, 9.17) is 0 Å². The zero-order chi connectivity index (χ0) is 18.6. The Labute approximate surface area is 142 Å². The van der Waals surface area contributed by atoms with Crippen molar-refractivity contribution in [3.05, 3.63) is 52.5 Å². The monoisotopic (exact) mass is 370 g/mol. The van der Waals surface area contributed by atoms with Gasteiger partial charge >= 0.3 is 6.18 Å². The molecule has 0 saturated carbocycles. The van der Waals surface area contributed by atoms with Gasteiger partial charge in [-0.1, -0.05) is 0 Å². The number of rotatable bonds is 1. The van der Waals surface area contributed by atoms with Gasteiger partial charge in [-0.25, -0.2) is 8.78 Å². The van der Waals surface area contributed by atoms with Crippen LogP contribution in [0.25, 0.3) is 10.9 Å². The van der Waals surface area contributed by atoms with Crippen LogP contribution in [-0.4, -0.2) is 32.5 Å². The molecule has 1 aliphatic rings. The largest absolute Gasteiger partial charge is 0.432 e. The summed E-state index contributed by atoms with van der Waals surface area (Å²) in [4.78, 5) is 16.5. The Morgan fingerprint density at radius 1 is 1.19 bits per heavy atom. The van der Waals surface area contributed by atoms with Crippen molar-refractivity contribution >= 4 is 16.8 Å². The van der Waals surface area contributed by atoms with Gasteiger partial charge < -0.3 is 9.88 Å². The van der Waals surface area contributed by atoms with Crippen molar-refractivity contribution < 1.29 is 26.7 Å². The normalized spacial score (nSPS) is 14.7. The Morgan fingerprint density at radius 2 is 1.92 bits per heavy atom. The highest BCUT2D eigenvalue weighted by molar-refractivity contribution is 5.93. The van der Waals surface area contributed by atoms with E-state index in [0.29, 0.717) is 23.7 Å². The maximum Gasteiger partial charge on any atom is 0.432 e. The van der Waals surface area contributed by atoms with Crippen LogP contribution in [0.5, 0.6) is 0 Å². The molecule has 2 aromatic heterocycles. The first kappa shape index (κ1) is 16.6. The van der Waals surface area contributed by atoms with Gasteiger partial charge in [-0.2, -0.15) is 18.3 Å². The molecule has 4 rings (SSSR count). The third-order valence-electron chi connectivity index (χ3n) is 4.42. The summed E-state index contributed by atoms with van der Waals surface area (Å²) in [6, 6.07) is 2.63. The Hall–Kier alpha value is -2.91. The number of hydrogen-bond acceptors (Lipinski definition) is 2. The van der Waals surface area contributed by atoms with E-state index in [1.807, 2.05) is 0 Å². The summed E-state index contributed by atoms with van der Waals surface area (Å²) in [5.41, 5.74) is -0.469. The van der Waals surface area contributed by atoms with Crippen LogP contribution in [0.4, 0.5) is 22.0 Å². The van der Waals surface area contributed by atoms with Gasteiger partial charge in [-0.05, 0) is 12.1 Å². The number of carbonyl (C=O) groups is 1. The number of amides is 1. The van der Waals surface area contributed by atoms with Crippen molar-refractivity contribution in [1.29, 1.82) is 0 Å². The van der Waals surface area contributed by atoms with E-state index in [2.05, 4.69) is 10.1 Å². The second kappa shape index (κ2) is 5.55. The third kappa shape index (κ3) is 2.52. The highest BCUT2D eigenvalue weighted by atomic mass is 19.4. The number of fused-ring (bicyclic) bond motifs is 3. The number of hydrogen-bond donors (Lipinski definition) is 2. The number of aromatic nitrogens is 3. The predicted molar refractivity (Wildman–Crippen MR) is 80.2 cm³/mol. The SMILES string of the molecule is O=C(c1cc(C(F)(F)F)[nH]n1)N1CCc2[nH]c3c(F)ccc(F)c3c2C1. The van der Waals surface area contributed by atoms with Crippen molar-refractivity contribution in [3.8, 4) is 0 Å². The van der Waals surface area contributed by atoms with Crippen LogP contribution < -0.4 is 0 Å². The fourth-order valence-electron chi connectivity index (χ4n) is 3.16. The molecule has 0 atom stereocenters. The molecule has 1 amide bonds. The summed E-state index contributed by atoms with van der Waals surface area (Å²) < 4.78 is 66.0. The number of benzene rings is 1. The predicted octanol–water partition coefficient (Wildman–Crippen LogP) is 3.39. The molecule has 0 radical (unpaired) electrons. The second-order valence-corrected chi connectivity index (χ2v) is 6.00. The van der Waals surface area contributed by atoms with Crippen molar-refractivity contribution in [2.75, 3.05) is 6.54 Å². The number of halogens is 5. The van der Waals surface area contributed by atoms with Crippen LogP contribution in [-0.2, 0) is 19.1 Å². The van der Waals surface area contributed by atoms with Crippen LogP contribution in [0.2, 0.25) is 0 Å². The highest BCUT2D eigenvalue weighted by Gasteiger charge is 2.35. The van der Waals surface area contributed by atoms with Gasteiger partial charge in [0, 0.05) is 42.2 Å². The zero-order valence-corrected chi connectivity index (χ0v) is 13.0. The van der Waals surface area contributed by atoms with E-state index in [-0.39, 0.29) is 29.7 Å². The standard InChI is InChI=1S/C16H11F5N4O/c17-8-1-2-9(18)14-13(8)7-6-25(4-3-10(7)22-14)15(26)11-5-12(24-23-11)16(19,20)21/h1-2,5,22H,3-4,6H2,(H,23,24). The van der Waals surface area contributed by atoms with Gasteiger partial charge in [0.2, 0.25) is 0 Å². The summed E-state index contributed by atoms with van der Waals surface area (Å²) in [5.74, 6) is -1.96. The Balaban J connectivity index is 1.67. The molecule has 0 spiro atoms. The smallest absolute Gasteiger partial charge is 0.356 e. The van der Waals surface area contributed by atoms with E-state index in [1.165, 1.54) is 4.90 Å². The maximum absolute atomic E-state index is 14.1. The van der Waals surface area contributed by atoms with Crippen molar-refractivity contribution in [3.63, 3.8) is 0 Å². The topological polar surface area (TPSA) is 64.8 Å². The lowest BCUT2D eigenvalue weighted by atomic mass is 10.0. The molecule has 2 N–H and O–H groups in total. The van der Waals surface area contributed by atoms with Gasteiger partial charge in [0.1, 0.15) is 17.3 Å². The zero-order valence-electron chi connectivity index (χ0n) is 13.0. The van der Waals surface area contributed by atoms with E-state index in [9.17, 15) is 26.7 Å². The van der Waals surface area contributed by atoms with E-state index in [0.717, 1.165) is 12.1 Å². The van der Waals surface area contributed by atoms with Gasteiger partial charge in [-0.3, -0.25) is 9.89 Å². The van der Waals surface area contributed by atoms with E-state index in [1.54, 1.807) is 5.10 Å². The number of nitrogens with one attached hydrogen (secondary N) is 2. The molecule has 26 heavy (non-hydrogen) atoms. The first-order valence-electron chi connectivity index (χ1n) is 7.65. The molecule has 10 heteroatoms. The highest BCUT2D eigenvalue weighted by Crippen LogP contribution is 2.32. The average Bonchev–Trinajstić information content (AvgIpc) is 3.22. The maximum atomic E-state index is 14.1. The molecule has 0 aliphatic carbocycles. The van der Waals surface area contributed by atoms with Crippen molar-refractivity contribution in [1.82, 2.24) is 20.1 Å². The second-order valence-electron chi connectivity index (χ2n) is 6.00. The summed E-state index contributed by atoms with van der Waals surface area (Å²) >= 11 is 0. The summed E-state index contributed by atoms with van der Waals surface area (Å²) in [6.45, 7) is 0.138. The van der Waals surface area contributed by atoms with Gasteiger partial charge in [0.15, 0.2) is 5.69 Å². The van der Waals surface area contributed by atoms with Crippen LogP contribution >= 0.6 is 0 Å². The Bertz CT molecular complexity index is 1020. The molecule has 0 saturated heterocycles. The Morgan fingerprint density at radius 3 is 2.62 bits per heavy atom. The summed E-state index contributed by atoms with van der Waals surface area (Å²) in [7, 11) is 0. The van der Waals surface area contributed by atoms with Gasteiger partial charge in [-0.15, -0.1) is 0 Å². The lowest BCUT2D eigenvalue weighted by Gasteiger charge is -2.26. The molecule has 136 valence electrons. The van der Waals surface area contributed by atoms with E-state index >= 15 is 0 Å². The number of aromatic amines is 2. The molecule has 3 aromatic rings. The third-order valence-corrected chi connectivity index (χ3v) is 4.42. The Kier molecular flexibility index (Phi) is 3.53. The summed E-state index contributed by atoms with van der Waals surface area (Å²) in [5, 5.41) is 5.26. The van der Waals surface area contributed by atoms with Crippen LogP contribution in [0, 0.1) is 11.6 Å². The number of alkyl halides is 3. The van der Waals surface area contributed by atoms with Crippen LogP contribution in [0.15, 0.2) is 18.2 Å². The minimum Gasteiger partial charge on any atom is -0.356 e. The number of carbonyl (C=O) groups excluding carboxylic acids is 1. The first-order chi connectivity index (χ1) is 12.3. The average molecular weight is 370 g/mol. The molecule has 1 aromatic carbocycles. The lowest BCUT2D eigenvalue weighted by Crippen LogP contribution is -2.36. The first-order valence-corrected chi connectivity index (χ1v) is 7.65. The van der Waals surface area contributed by atoms with Crippen molar-refractivity contribution in [2.24, 2.45) is 0 Å². The van der Waals surface area contributed by atoms with Gasteiger partial charge in [0.05, 0.1) is 5.52 Å². The molecule has 1 aliphatic heterocycles. The minimum atomic E-state index is -4.64. The molecule has 0 bridgehead atoms.